The van der Waals surface area contributed by atoms with E-state index in [0.29, 0.717) is 0 Å². The van der Waals surface area contributed by atoms with Crippen molar-refractivity contribution in [2.75, 3.05) is 13.1 Å². The zero-order valence-electron chi connectivity index (χ0n) is 7.29. The van der Waals surface area contributed by atoms with Crippen LogP contribution in [0.3, 0.4) is 0 Å². The third-order valence-electron chi connectivity index (χ3n) is 2.40. The molecule has 0 bridgehead atoms. The lowest BCUT2D eigenvalue weighted by Gasteiger charge is -2.07. The molecule has 1 aromatic rings. The Morgan fingerprint density at radius 2 is 1.92 bits per heavy atom. The summed E-state index contributed by atoms with van der Waals surface area (Å²) in [4.78, 5) is 0. The lowest BCUT2D eigenvalue weighted by atomic mass is 9.99. The molecule has 1 heterocycles. The zero-order valence-corrected chi connectivity index (χ0v) is 9.70. The van der Waals surface area contributed by atoms with Gasteiger partial charge in [0.15, 0.2) is 0 Å². The van der Waals surface area contributed by atoms with Gasteiger partial charge in [-0.15, -0.1) is 12.4 Å². The molecule has 1 unspecified atom stereocenters. The first kappa shape index (κ1) is 11.0. The molecule has 1 aliphatic heterocycles. The first-order valence-electron chi connectivity index (χ1n) is 4.32. The molecule has 0 aromatic heterocycles. The van der Waals surface area contributed by atoms with Gasteiger partial charge in [-0.1, -0.05) is 28.1 Å². The molecule has 0 aliphatic carbocycles. The van der Waals surface area contributed by atoms with Crippen molar-refractivity contribution in [2.45, 2.75) is 12.3 Å². The van der Waals surface area contributed by atoms with E-state index < -0.39 is 0 Å². The van der Waals surface area contributed by atoms with Crippen LogP contribution in [0.5, 0.6) is 0 Å². The number of hydrogen-bond donors (Lipinski definition) is 1. The molecule has 72 valence electrons. The summed E-state index contributed by atoms with van der Waals surface area (Å²) in [6.07, 6.45) is 1.28. The Balaban J connectivity index is 0.000000845. The molecule has 13 heavy (non-hydrogen) atoms. The molecule has 1 nitrogen and oxygen atoms in total. The Labute approximate surface area is 93.5 Å². The number of rotatable bonds is 1. The molecule has 1 fully saturated rings. The molecule has 0 saturated carbocycles. The van der Waals surface area contributed by atoms with Crippen LogP contribution in [0.4, 0.5) is 0 Å². The van der Waals surface area contributed by atoms with E-state index in [4.69, 9.17) is 0 Å². The molecule has 1 N–H and O–H groups in total. The highest BCUT2D eigenvalue weighted by atomic mass is 79.9. The highest BCUT2D eigenvalue weighted by Crippen LogP contribution is 2.23. The van der Waals surface area contributed by atoms with Crippen LogP contribution in [0, 0.1) is 0 Å². The Bertz CT molecular complexity index is 254. The van der Waals surface area contributed by atoms with Crippen LogP contribution in [-0.4, -0.2) is 13.1 Å². The molecule has 1 aromatic carbocycles. The van der Waals surface area contributed by atoms with Gasteiger partial charge >= 0.3 is 0 Å². The molecule has 0 spiro atoms. The highest BCUT2D eigenvalue weighted by molar-refractivity contribution is 9.10. The molecule has 1 aliphatic rings. The van der Waals surface area contributed by atoms with Crippen molar-refractivity contribution in [1.29, 1.82) is 0 Å². The number of halogens is 2. The summed E-state index contributed by atoms with van der Waals surface area (Å²) in [7, 11) is 0. The smallest absolute Gasteiger partial charge is 0.0175 e. The second-order valence-electron chi connectivity index (χ2n) is 3.24. The van der Waals surface area contributed by atoms with Gasteiger partial charge in [0.2, 0.25) is 0 Å². The van der Waals surface area contributed by atoms with Gasteiger partial charge in [-0.2, -0.15) is 0 Å². The monoisotopic (exact) mass is 261 g/mol. The minimum absolute atomic E-state index is 0. The summed E-state index contributed by atoms with van der Waals surface area (Å²) in [6, 6.07) is 8.66. The van der Waals surface area contributed by atoms with Crippen molar-refractivity contribution in [3.05, 3.63) is 34.3 Å². The average Bonchev–Trinajstić information content (AvgIpc) is 2.58. The molecule has 3 heteroatoms. The maximum Gasteiger partial charge on any atom is 0.0175 e. The van der Waals surface area contributed by atoms with E-state index in [0.717, 1.165) is 16.9 Å². The number of nitrogens with one attached hydrogen (secondary N) is 1. The van der Waals surface area contributed by atoms with Crippen molar-refractivity contribution in [2.24, 2.45) is 0 Å². The van der Waals surface area contributed by atoms with E-state index in [1.807, 2.05) is 0 Å². The topological polar surface area (TPSA) is 12.0 Å². The molecular formula is C10H13BrClN. The van der Waals surface area contributed by atoms with Crippen LogP contribution >= 0.6 is 28.3 Å². The standard InChI is InChI=1S/C10H12BrN.ClH/c11-10-3-1-8(2-4-10)9-5-6-12-7-9;/h1-4,9,12H,5-7H2;1H. The van der Waals surface area contributed by atoms with Gasteiger partial charge in [0.1, 0.15) is 0 Å². The predicted molar refractivity (Wildman–Crippen MR) is 61.6 cm³/mol. The first-order valence-corrected chi connectivity index (χ1v) is 5.12. The SMILES string of the molecule is Brc1ccc(C2CCNC2)cc1.Cl. The minimum atomic E-state index is 0. The summed E-state index contributed by atoms with van der Waals surface area (Å²) in [6.45, 7) is 2.31. The number of hydrogen-bond acceptors (Lipinski definition) is 1. The van der Waals surface area contributed by atoms with Crippen LogP contribution in [-0.2, 0) is 0 Å². The van der Waals surface area contributed by atoms with Crippen LogP contribution in [0.1, 0.15) is 17.9 Å². The predicted octanol–water partition coefficient (Wildman–Crippen LogP) is 2.95. The van der Waals surface area contributed by atoms with Crippen molar-refractivity contribution in [3.8, 4) is 0 Å². The largest absolute Gasteiger partial charge is 0.316 e. The fourth-order valence-corrected chi connectivity index (χ4v) is 1.94. The van der Waals surface area contributed by atoms with Crippen molar-refractivity contribution < 1.29 is 0 Å². The molecule has 0 radical (unpaired) electrons. The van der Waals surface area contributed by atoms with Gasteiger partial charge < -0.3 is 5.32 Å². The second kappa shape index (κ2) is 4.99. The zero-order chi connectivity index (χ0) is 8.39. The summed E-state index contributed by atoms with van der Waals surface area (Å²) in [5, 5.41) is 3.37. The Morgan fingerprint density at radius 3 is 2.46 bits per heavy atom. The van der Waals surface area contributed by atoms with Gasteiger partial charge in [0.05, 0.1) is 0 Å². The Hall–Kier alpha value is -0.0500. The van der Waals surface area contributed by atoms with Crippen LogP contribution in [0.25, 0.3) is 0 Å². The fraction of sp³-hybridized carbons (Fsp3) is 0.400. The Kier molecular flexibility index (Phi) is 4.23. The maximum absolute atomic E-state index is 3.44. The van der Waals surface area contributed by atoms with Crippen molar-refractivity contribution in [1.82, 2.24) is 5.32 Å². The third kappa shape index (κ3) is 2.70. The van der Waals surface area contributed by atoms with Gasteiger partial charge in [0, 0.05) is 11.0 Å². The second-order valence-corrected chi connectivity index (χ2v) is 4.16. The minimum Gasteiger partial charge on any atom is -0.316 e. The van der Waals surface area contributed by atoms with E-state index in [-0.39, 0.29) is 12.4 Å². The molecule has 2 rings (SSSR count). The van der Waals surface area contributed by atoms with Crippen molar-refractivity contribution >= 4 is 28.3 Å². The number of benzene rings is 1. The van der Waals surface area contributed by atoms with Gasteiger partial charge in [-0.05, 0) is 36.6 Å². The van der Waals surface area contributed by atoms with E-state index in [1.165, 1.54) is 18.5 Å². The molecule has 1 atom stereocenters. The fourth-order valence-electron chi connectivity index (χ4n) is 1.67. The van der Waals surface area contributed by atoms with Gasteiger partial charge in [-0.25, -0.2) is 0 Å². The molecular weight excluding hydrogens is 249 g/mol. The van der Waals surface area contributed by atoms with E-state index >= 15 is 0 Å². The maximum atomic E-state index is 3.44. The van der Waals surface area contributed by atoms with Gasteiger partial charge in [-0.3, -0.25) is 0 Å². The van der Waals surface area contributed by atoms with E-state index in [9.17, 15) is 0 Å². The van der Waals surface area contributed by atoms with Crippen molar-refractivity contribution in [3.63, 3.8) is 0 Å². The molecule has 0 amide bonds. The molecule has 1 saturated heterocycles. The van der Waals surface area contributed by atoms with E-state index in [2.05, 4.69) is 45.5 Å². The summed E-state index contributed by atoms with van der Waals surface area (Å²) < 4.78 is 1.16. The third-order valence-corrected chi connectivity index (χ3v) is 2.93. The lowest BCUT2D eigenvalue weighted by molar-refractivity contribution is 0.763. The summed E-state index contributed by atoms with van der Waals surface area (Å²) in [5.74, 6) is 0.734. The highest BCUT2D eigenvalue weighted by Gasteiger charge is 2.15. The quantitative estimate of drug-likeness (QED) is 0.820. The van der Waals surface area contributed by atoms with Crippen LogP contribution in [0.2, 0.25) is 0 Å². The lowest BCUT2D eigenvalue weighted by Crippen LogP contribution is -2.07. The average molecular weight is 263 g/mol. The Morgan fingerprint density at radius 1 is 1.23 bits per heavy atom. The van der Waals surface area contributed by atoms with E-state index in [1.54, 1.807) is 0 Å². The van der Waals surface area contributed by atoms with Gasteiger partial charge in [0.25, 0.3) is 0 Å². The summed E-state index contributed by atoms with van der Waals surface area (Å²) >= 11 is 3.44. The van der Waals surface area contributed by atoms with Crippen LogP contribution in [0.15, 0.2) is 28.7 Å². The van der Waals surface area contributed by atoms with Crippen LogP contribution < -0.4 is 5.32 Å². The normalized spacial score (nSPS) is 21.2. The summed E-state index contributed by atoms with van der Waals surface area (Å²) in [5.41, 5.74) is 1.46. The first-order chi connectivity index (χ1) is 5.86.